The van der Waals surface area contributed by atoms with Gasteiger partial charge in [0.25, 0.3) is 5.91 Å². The molecule has 4 aromatic rings. The third-order valence-corrected chi connectivity index (χ3v) is 7.88. The molecule has 0 aliphatic rings. The number of carbonyl (C=O) groups excluding carboxylic acids is 2. The third kappa shape index (κ3) is 8.58. The quantitative estimate of drug-likeness (QED) is 0.132. The van der Waals surface area contributed by atoms with E-state index in [1.54, 1.807) is 55.6 Å². The van der Waals surface area contributed by atoms with E-state index in [9.17, 15) is 9.59 Å². The lowest BCUT2D eigenvalue weighted by molar-refractivity contribution is -0.137. The van der Waals surface area contributed by atoms with Crippen molar-refractivity contribution in [2.24, 2.45) is 0 Å². The van der Waals surface area contributed by atoms with Crippen LogP contribution in [0, 0.1) is 13.8 Å². The van der Waals surface area contributed by atoms with E-state index in [1.165, 1.54) is 38.0 Å². The molecular formula is C33H35ClN4O6S. The Hall–Kier alpha value is -4.48. The summed E-state index contributed by atoms with van der Waals surface area (Å²) < 4.78 is 22.0. The Morgan fingerprint density at radius 1 is 0.844 bits per heavy atom. The molecule has 3 aromatic carbocycles. The fourth-order valence-electron chi connectivity index (χ4n) is 4.69. The number of aromatic nitrogens is 2. The van der Waals surface area contributed by atoms with E-state index in [2.05, 4.69) is 15.3 Å². The molecule has 0 aliphatic heterocycles. The summed E-state index contributed by atoms with van der Waals surface area (Å²) in [7, 11) is 6.04. The van der Waals surface area contributed by atoms with Gasteiger partial charge in [-0.2, -0.15) is 0 Å². The number of benzene rings is 3. The minimum Gasteiger partial charge on any atom is -0.497 e. The van der Waals surface area contributed by atoms with Gasteiger partial charge in [0.05, 0.1) is 34.2 Å². The van der Waals surface area contributed by atoms with Gasteiger partial charge in [0, 0.05) is 28.6 Å². The molecule has 0 aliphatic carbocycles. The molecule has 236 valence electrons. The van der Waals surface area contributed by atoms with Gasteiger partial charge in [-0.05, 0) is 79.6 Å². The molecule has 1 heterocycles. The monoisotopic (exact) mass is 650 g/mol. The van der Waals surface area contributed by atoms with Crippen molar-refractivity contribution in [3.05, 3.63) is 94.3 Å². The van der Waals surface area contributed by atoms with Gasteiger partial charge in [0.1, 0.15) is 11.8 Å². The van der Waals surface area contributed by atoms with Gasteiger partial charge in [-0.1, -0.05) is 35.5 Å². The topological polar surface area (TPSA) is 112 Å². The molecule has 45 heavy (non-hydrogen) atoms. The number of aryl methyl sites for hydroxylation is 2. The highest BCUT2D eigenvalue weighted by atomic mass is 35.5. The van der Waals surface area contributed by atoms with E-state index in [0.29, 0.717) is 44.4 Å². The van der Waals surface area contributed by atoms with E-state index < -0.39 is 11.9 Å². The van der Waals surface area contributed by atoms with Gasteiger partial charge in [0.2, 0.25) is 11.7 Å². The second kappa shape index (κ2) is 15.5. The van der Waals surface area contributed by atoms with Gasteiger partial charge in [0.15, 0.2) is 16.7 Å². The molecule has 0 fully saturated rings. The first-order valence-electron chi connectivity index (χ1n) is 13.9. The van der Waals surface area contributed by atoms with Gasteiger partial charge >= 0.3 is 0 Å². The molecule has 0 bridgehead atoms. The molecule has 1 atom stereocenters. The van der Waals surface area contributed by atoms with E-state index in [0.717, 1.165) is 17.0 Å². The third-order valence-electron chi connectivity index (χ3n) is 6.79. The van der Waals surface area contributed by atoms with Crippen LogP contribution in [0.3, 0.4) is 0 Å². The number of carbonyl (C=O) groups is 2. The average Bonchev–Trinajstić information content (AvgIpc) is 3.03. The van der Waals surface area contributed by atoms with Crippen LogP contribution in [-0.2, 0) is 16.1 Å². The number of hydrogen-bond acceptors (Lipinski definition) is 9. The van der Waals surface area contributed by atoms with Crippen LogP contribution >= 0.6 is 23.4 Å². The normalized spacial score (nSPS) is 11.4. The summed E-state index contributed by atoms with van der Waals surface area (Å²) in [5, 5.41) is 3.99. The van der Waals surface area contributed by atoms with Crippen LogP contribution in [0.4, 0.5) is 5.69 Å². The number of ether oxygens (including phenoxy) is 4. The molecule has 1 aromatic heterocycles. The lowest BCUT2D eigenvalue weighted by atomic mass is 10.0. The smallest absolute Gasteiger partial charge is 0.251 e. The summed E-state index contributed by atoms with van der Waals surface area (Å²) in [6.45, 7) is 3.84. The van der Waals surface area contributed by atoms with E-state index in [4.69, 9.17) is 30.5 Å². The number of halogens is 1. The van der Waals surface area contributed by atoms with Crippen LogP contribution in [0.15, 0.2) is 71.9 Å². The standard InChI is InChI=1S/C33H35ClN4O6S/c1-20-15-21(2)36-33(35-20)45-19-29(39)38(18-22-7-9-24(34)10-8-22)30(32(40)37-25-11-13-26(41-3)14-12-25)23-16-27(42-4)31(44-6)28(17-23)43-5/h7-17,30H,18-19H2,1-6H3,(H,37,40)/t30-/m1/s1. The fourth-order valence-corrected chi connectivity index (χ4v) is 5.66. The maximum Gasteiger partial charge on any atom is 0.251 e. The van der Waals surface area contributed by atoms with Crippen molar-refractivity contribution < 1.29 is 28.5 Å². The number of hydrogen-bond donors (Lipinski definition) is 1. The number of rotatable bonds is 13. The number of anilines is 1. The minimum atomic E-state index is -1.12. The van der Waals surface area contributed by atoms with Crippen molar-refractivity contribution >= 4 is 40.9 Å². The van der Waals surface area contributed by atoms with Crippen molar-refractivity contribution in [2.45, 2.75) is 31.6 Å². The van der Waals surface area contributed by atoms with Crippen LogP contribution in [0.5, 0.6) is 23.0 Å². The Balaban J connectivity index is 1.81. The Bertz CT molecular complexity index is 1590. The van der Waals surface area contributed by atoms with Crippen LogP contribution in [0.1, 0.15) is 28.6 Å². The van der Waals surface area contributed by atoms with Crippen molar-refractivity contribution in [3.63, 3.8) is 0 Å². The SMILES string of the molecule is COc1ccc(NC(=O)[C@@H](c2cc(OC)c(OC)c(OC)c2)N(Cc2ccc(Cl)cc2)C(=O)CSc2nc(C)cc(C)n2)cc1. The van der Waals surface area contributed by atoms with Crippen molar-refractivity contribution in [2.75, 3.05) is 39.5 Å². The molecule has 0 saturated heterocycles. The molecule has 0 spiro atoms. The van der Waals surface area contributed by atoms with Crippen LogP contribution < -0.4 is 24.3 Å². The molecule has 10 nitrogen and oxygen atoms in total. The molecule has 0 unspecified atom stereocenters. The second-order valence-electron chi connectivity index (χ2n) is 9.95. The van der Waals surface area contributed by atoms with Crippen LogP contribution in [0.2, 0.25) is 5.02 Å². The van der Waals surface area contributed by atoms with Crippen molar-refractivity contribution in [3.8, 4) is 23.0 Å². The minimum absolute atomic E-state index is 0.0206. The predicted molar refractivity (Wildman–Crippen MR) is 175 cm³/mol. The lowest BCUT2D eigenvalue weighted by Crippen LogP contribution is -2.42. The van der Waals surface area contributed by atoms with Gasteiger partial charge in [-0.3, -0.25) is 9.59 Å². The summed E-state index contributed by atoms with van der Waals surface area (Å²) >= 11 is 7.36. The Morgan fingerprint density at radius 2 is 1.44 bits per heavy atom. The average molecular weight is 651 g/mol. The zero-order chi connectivity index (χ0) is 32.5. The predicted octanol–water partition coefficient (Wildman–Crippen LogP) is 6.28. The van der Waals surface area contributed by atoms with Crippen LogP contribution in [0.25, 0.3) is 0 Å². The number of methoxy groups -OCH3 is 4. The number of amides is 2. The summed E-state index contributed by atoms with van der Waals surface area (Å²) in [6, 6.07) is 18.1. The lowest BCUT2D eigenvalue weighted by Gasteiger charge is -2.32. The first kappa shape index (κ1) is 33.4. The molecular weight excluding hydrogens is 616 g/mol. The number of nitrogens with zero attached hydrogens (tertiary/aromatic N) is 3. The summed E-state index contributed by atoms with van der Waals surface area (Å²) in [4.78, 5) is 38.9. The Labute approximate surface area is 272 Å². The zero-order valence-corrected chi connectivity index (χ0v) is 27.5. The number of nitrogens with one attached hydrogen (secondary N) is 1. The molecule has 4 rings (SSSR count). The zero-order valence-electron chi connectivity index (χ0n) is 25.9. The van der Waals surface area contributed by atoms with Crippen molar-refractivity contribution in [1.29, 1.82) is 0 Å². The highest BCUT2D eigenvalue weighted by molar-refractivity contribution is 7.99. The van der Waals surface area contributed by atoms with E-state index >= 15 is 0 Å². The molecule has 0 radical (unpaired) electrons. The van der Waals surface area contributed by atoms with Gasteiger partial charge in [-0.15, -0.1) is 0 Å². The summed E-state index contributed by atoms with van der Waals surface area (Å²) in [6.07, 6.45) is 0. The van der Waals surface area contributed by atoms with E-state index in [1.807, 2.05) is 32.0 Å². The fraction of sp³-hybridized carbons (Fsp3) is 0.273. The van der Waals surface area contributed by atoms with E-state index in [-0.39, 0.29) is 18.2 Å². The molecule has 1 N–H and O–H groups in total. The second-order valence-corrected chi connectivity index (χ2v) is 11.3. The van der Waals surface area contributed by atoms with Gasteiger partial charge in [-0.25, -0.2) is 9.97 Å². The van der Waals surface area contributed by atoms with Gasteiger partial charge < -0.3 is 29.2 Å². The summed E-state index contributed by atoms with van der Waals surface area (Å²) in [5.74, 6) is 0.881. The Kier molecular flexibility index (Phi) is 11.5. The number of thioether (sulfide) groups is 1. The first-order chi connectivity index (χ1) is 21.6. The largest absolute Gasteiger partial charge is 0.497 e. The molecule has 0 saturated carbocycles. The first-order valence-corrected chi connectivity index (χ1v) is 15.3. The highest BCUT2D eigenvalue weighted by Gasteiger charge is 2.34. The maximum absolute atomic E-state index is 14.3. The van der Waals surface area contributed by atoms with Crippen molar-refractivity contribution in [1.82, 2.24) is 14.9 Å². The molecule has 2 amide bonds. The summed E-state index contributed by atoms with van der Waals surface area (Å²) in [5.41, 5.74) is 3.34. The highest BCUT2D eigenvalue weighted by Crippen LogP contribution is 2.41. The maximum atomic E-state index is 14.3. The van der Waals surface area contributed by atoms with Crippen LogP contribution in [-0.4, -0.2) is 60.9 Å². The molecule has 12 heteroatoms. The Morgan fingerprint density at radius 3 is 1.98 bits per heavy atom.